The molecule has 2 N–H and O–H groups in total. The van der Waals surface area contributed by atoms with Crippen molar-refractivity contribution in [1.82, 2.24) is 4.90 Å². The zero-order chi connectivity index (χ0) is 11.1. The Morgan fingerprint density at radius 1 is 1.07 bits per heavy atom. The van der Waals surface area contributed by atoms with Crippen LogP contribution in [0.1, 0.15) is 34.6 Å². The van der Waals surface area contributed by atoms with Crippen molar-refractivity contribution in [2.45, 2.75) is 34.6 Å². The maximum absolute atomic E-state index is 5.78. The van der Waals surface area contributed by atoms with Gasteiger partial charge in [0.1, 0.15) is 0 Å². The second kappa shape index (κ2) is 7.24. The summed E-state index contributed by atoms with van der Waals surface area (Å²) in [6, 6.07) is 0. The van der Waals surface area contributed by atoms with E-state index in [1.54, 1.807) is 0 Å². The van der Waals surface area contributed by atoms with E-state index in [0.717, 1.165) is 25.6 Å². The van der Waals surface area contributed by atoms with Gasteiger partial charge in [-0.25, -0.2) is 0 Å². The molecule has 0 saturated carbocycles. The van der Waals surface area contributed by atoms with E-state index in [0.29, 0.717) is 11.8 Å². The van der Waals surface area contributed by atoms with Crippen LogP contribution in [-0.4, -0.2) is 31.1 Å². The molecular formula is C12H28N2. The normalized spacial score (nSPS) is 14.4. The van der Waals surface area contributed by atoms with Crippen LogP contribution in [-0.2, 0) is 0 Å². The van der Waals surface area contributed by atoms with Crippen molar-refractivity contribution >= 4 is 0 Å². The molecule has 0 rings (SSSR count). The second-order valence-electron chi connectivity index (χ2n) is 4.99. The third-order valence-corrected chi connectivity index (χ3v) is 2.81. The molecule has 1 unspecified atom stereocenters. The molecule has 0 aliphatic rings. The molecule has 0 fully saturated rings. The van der Waals surface area contributed by atoms with Gasteiger partial charge >= 0.3 is 0 Å². The van der Waals surface area contributed by atoms with Crippen LogP contribution in [0.4, 0.5) is 0 Å². The summed E-state index contributed by atoms with van der Waals surface area (Å²) in [6.07, 6.45) is 0. The summed E-state index contributed by atoms with van der Waals surface area (Å²) in [4.78, 5) is 2.52. The highest BCUT2D eigenvalue weighted by Crippen LogP contribution is 2.12. The predicted octanol–water partition coefficient (Wildman–Crippen LogP) is 2.20. The smallest absolute Gasteiger partial charge is 0.00242 e. The molecule has 0 bridgehead atoms. The second-order valence-corrected chi connectivity index (χ2v) is 4.99. The standard InChI is InChI=1S/C12H28N2/c1-6-14(8-10(2)3)9-12(7-13)11(4)5/h10-12H,6-9,13H2,1-5H3. The molecule has 86 valence electrons. The van der Waals surface area contributed by atoms with E-state index < -0.39 is 0 Å². The Kier molecular flexibility index (Phi) is 7.20. The highest BCUT2D eigenvalue weighted by atomic mass is 15.1. The lowest BCUT2D eigenvalue weighted by molar-refractivity contribution is 0.195. The average Bonchev–Trinajstić information content (AvgIpc) is 2.10. The number of hydrogen-bond acceptors (Lipinski definition) is 2. The van der Waals surface area contributed by atoms with Gasteiger partial charge in [-0.3, -0.25) is 0 Å². The summed E-state index contributed by atoms with van der Waals surface area (Å²) in [5, 5.41) is 0. The predicted molar refractivity (Wildman–Crippen MR) is 64.3 cm³/mol. The first-order valence-corrected chi connectivity index (χ1v) is 5.93. The Labute approximate surface area is 89.9 Å². The quantitative estimate of drug-likeness (QED) is 0.682. The molecule has 0 aromatic carbocycles. The van der Waals surface area contributed by atoms with E-state index in [9.17, 15) is 0 Å². The Hall–Kier alpha value is -0.0800. The molecule has 0 amide bonds. The Balaban J connectivity index is 4.00. The van der Waals surface area contributed by atoms with Crippen molar-refractivity contribution < 1.29 is 0 Å². The van der Waals surface area contributed by atoms with Gasteiger partial charge in [-0.1, -0.05) is 34.6 Å². The lowest BCUT2D eigenvalue weighted by Gasteiger charge is -2.29. The van der Waals surface area contributed by atoms with Crippen molar-refractivity contribution in [3.63, 3.8) is 0 Å². The zero-order valence-corrected chi connectivity index (χ0v) is 10.6. The van der Waals surface area contributed by atoms with Crippen molar-refractivity contribution in [2.24, 2.45) is 23.5 Å². The number of hydrogen-bond donors (Lipinski definition) is 1. The molecular weight excluding hydrogens is 172 g/mol. The molecule has 0 aromatic rings. The van der Waals surface area contributed by atoms with Crippen LogP contribution in [0.2, 0.25) is 0 Å². The highest BCUT2D eigenvalue weighted by molar-refractivity contribution is 4.69. The Morgan fingerprint density at radius 2 is 1.64 bits per heavy atom. The fourth-order valence-corrected chi connectivity index (χ4v) is 1.74. The van der Waals surface area contributed by atoms with Gasteiger partial charge < -0.3 is 10.6 Å². The highest BCUT2D eigenvalue weighted by Gasteiger charge is 2.15. The van der Waals surface area contributed by atoms with Crippen LogP contribution in [0.5, 0.6) is 0 Å². The first kappa shape index (κ1) is 13.9. The summed E-state index contributed by atoms with van der Waals surface area (Å²) in [5.41, 5.74) is 5.78. The van der Waals surface area contributed by atoms with E-state index in [1.807, 2.05) is 0 Å². The third-order valence-electron chi connectivity index (χ3n) is 2.81. The average molecular weight is 200 g/mol. The van der Waals surface area contributed by atoms with Crippen LogP contribution in [0.15, 0.2) is 0 Å². The van der Waals surface area contributed by atoms with Gasteiger partial charge in [0.05, 0.1) is 0 Å². The molecule has 0 aliphatic heterocycles. The van der Waals surface area contributed by atoms with Crippen molar-refractivity contribution in [3.05, 3.63) is 0 Å². The third kappa shape index (κ3) is 5.61. The summed E-state index contributed by atoms with van der Waals surface area (Å²) >= 11 is 0. The van der Waals surface area contributed by atoms with E-state index in [1.165, 1.54) is 6.54 Å². The minimum absolute atomic E-state index is 0.647. The molecule has 1 atom stereocenters. The van der Waals surface area contributed by atoms with E-state index in [2.05, 4.69) is 39.5 Å². The Morgan fingerprint density at radius 3 is 1.93 bits per heavy atom. The number of nitrogens with two attached hydrogens (primary N) is 1. The van der Waals surface area contributed by atoms with Gasteiger partial charge in [0, 0.05) is 13.1 Å². The van der Waals surface area contributed by atoms with Crippen molar-refractivity contribution in [3.8, 4) is 0 Å². The van der Waals surface area contributed by atoms with Gasteiger partial charge in [0.25, 0.3) is 0 Å². The van der Waals surface area contributed by atoms with Gasteiger partial charge in [-0.15, -0.1) is 0 Å². The van der Waals surface area contributed by atoms with E-state index in [4.69, 9.17) is 5.73 Å². The summed E-state index contributed by atoms with van der Waals surface area (Å²) in [7, 11) is 0. The molecule has 0 spiro atoms. The van der Waals surface area contributed by atoms with E-state index >= 15 is 0 Å². The topological polar surface area (TPSA) is 29.3 Å². The van der Waals surface area contributed by atoms with Gasteiger partial charge in [-0.2, -0.15) is 0 Å². The molecule has 2 heteroatoms. The van der Waals surface area contributed by atoms with Gasteiger partial charge in [0.2, 0.25) is 0 Å². The lowest BCUT2D eigenvalue weighted by Crippen LogP contribution is -2.37. The molecule has 0 aliphatic carbocycles. The lowest BCUT2D eigenvalue weighted by atomic mass is 9.95. The molecule has 0 radical (unpaired) electrons. The molecule has 0 aromatic heterocycles. The zero-order valence-electron chi connectivity index (χ0n) is 10.6. The van der Waals surface area contributed by atoms with Gasteiger partial charge in [-0.05, 0) is 30.8 Å². The minimum Gasteiger partial charge on any atom is -0.330 e. The number of rotatable bonds is 7. The molecule has 0 heterocycles. The molecule has 14 heavy (non-hydrogen) atoms. The Bertz CT molecular complexity index is 132. The largest absolute Gasteiger partial charge is 0.330 e. The summed E-state index contributed by atoms with van der Waals surface area (Å²) < 4.78 is 0. The van der Waals surface area contributed by atoms with Crippen LogP contribution in [0, 0.1) is 17.8 Å². The van der Waals surface area contributed by atoms with Gasteiger partial charge in [0.15, 0.2) is 0 Å². The fourth-order valence-electron chi connectivity index (χ4n) is 1.74. The minimum atomic E-state index is 0.647. The van der Waals surface area contributed by atoms with Crippen LogP contribution >= 0.6 is 0 Å². The first-order valence-electron chi connectivity index (χ1n) is 5.93. The molecule has 2 nitrogen and oxygen atoms in total. The fraction of sp³-hybridized carbons (Fsp3) is 1.00. The van der Waals surface area contributed by atoms with Crippen LogP contribution < -0.4 is 5.73 Å². The van der Waals surface area contributed by atoms with E-state index in [-0.39, 0.29) is 0 Å². The van der Waals surface area contributed by atoms with Crippen molar-refractivity contribution in [1.29, 1.82) is 0 Å². The number of nitrogens with zero attached hydrogens (tertiary/aromatic N) is 1. The summed E-state index contributed by atoms with van der Waals surface area (Å²) in [5.74, 6) is 2.09. The first-order chi connectivity index (χ1) is 6.51. The maximum Gasteiger partial charge on any atom is 0.00242 e. The summed E-state index contributed by atoms with van der Waals surface area (Å²) in [6.45, 7) is 15.6. The maximum atomic E-state index is 5.78. The monoisotopic (exact) mass is 200 g/mol. The SMILES string of the molecule is CCN(CC(C)C)CC(CN)C(C)C. The van der Waals surface area contributed by atoms with Crippen molar-refractivity contribution in [2.75, 3.05) is 26.2 Å². The van der Waals surface area contributed by atoms with Crippen LogP contribution in [0.3, 0.4) is 0 Å². The van der Waals surface area contributed by atoms with Crippen LogP contribution in [0.25, 0.3) is 0 Å². The molecule has 0 saturated heterocycles.